The molecule has 4 heteroatoms. The third kappa shape index (κ3) is 3.62. The Morgan fingerprint density at radius 1 is 1.29 bits per heavy atom. The van der Waals surface area contributed by atoms with Gasteiger partial charge in [0, 0.05) is 17.5 Å². The number of carbonyl (C=O) groups excluding carboxylic acids is 1. The maximum atomic E-state index is 12.6. The predicted molar refractivity (Wildman–Crippen MR) is 90.5 cm³/mol. The normalized spacial score (nSPS) is 22.0. The fourth-order valence-corrected chi connectivity index (χ4v) is 3.34. The first-order valence-corrected chi connectivity index (χ1v) is 7.91. The van der Waals surface area contributed by atoms with Gasteiger partial charge in [-0.25, -0.2) is 0 Å². The van der Waals surface area contributed by atoms with E-state index >= 15 is 0 Å². The number of benzene rings is 1. The van der Waals surface area contributed by atoms with Gasteiger partial charge in [0.25, 0.3) is 5.91 Å². The number of carbonyl (C=O) groups is 1. The van der Waals surface area contributed by atoms with Crippen molar-refractivity contribution in [2.24, 2.45) is 11.7 Å². The van der Waals surface area contributed by atoms with Crippen LogP contribution in [-0.2, 0) is 5.41 Å². The standard InChI is InChI=1S/C17H24N2OS/c1-17(2,3)13-9-5-4-7-11(13)16(20)19-14-10-6-8-12(14)15(18)21/h4-5,7,9,12,14H,6,8,10H2,1-3H3,(H2,18,21)(H,19,20). The lowest BCUT2D eigenvalue weighted by molar-refractivity contribution is 0.0931. The molecule has 1 aliphatic rings. The van der Waals surface area contributed by atoms with Crippen molar-refractivity contribution >= 4 is 23.1 Å². The van der Waals surface area contributed by atoms with Crippen molar-refractivity contribution < 1.29 is 4.79 Å². The van der Waals surface area contributed by atoms with Gasteiger partial charge >= 0.3 is 0 Å². The van der Waals surface area contributed by atoms with E-state index in [1.54, 1.807) is 0 Å². The van der Waals surface area contributed by atoms with E-state index in [-0.39, 0.29) is 23.3 Å². The van der Waals surface area contributed by atoms with Crippen LogP contribution >= 0.6 is 12.2 Å². The molecule has 0 radical (unpaired) electrons. The van der Waals surface area contributed by atoms with E-state index in [2.05, 4.69) is 26.1 Å². The first-order valence-electron chi connectivity index (χ1n) is 7.50. The van der Waals surface area contributed by atoms with Gasteiger partial charge in [-0.2, -0.15) is 0 Å². The van der Waals surface area contributed by atoms with Crippen LogP contribution < -0.4 is 11.1 Å². The molecular weight excluding hydrogens is 280 g/mol. The molecule has 0 spiro atoms. The highest BCUT2D eigenvalue weighted by Gasteiger charge is 2.31. The Labute approximate surface area is 132 Å². The monoisotopic (exact) mass is 304 g/mol. The Hall–Kier alpha value is -1.42. The lowest BCUT2D eigenvalue weighted by Crippen LogP contribution is -2.42. The van der Waals surface area contributed by atoms with E-state index in [1.165, 1.54) is 0 Å². The van der Waals surface area contributed by atoms with Crippen LogP contribution in [0, 0.1) is 5.92 Å². The van der Waals surface area contributed by atoms with Gasteiger partial charge < -0.3 is 11.1 Å². The van der Waals surface area contributed by atoms with Crippen LogP contribution in [0.5, 0.6) is 0 Å². The second kappa shape index (κ2) is 6.14. The number of hydrogen-bond donors (Lipinski definition) is 2. The van der Waals surface area contributed by atoms with Crippen molar-refractivity contribution in [3.63, 3.8) is 0 Å². The summed E-state index contributed by atoms with van der Waals surface area (Å²) in [6, 6.07) is 7.87. The lowest BCUT2D eigenvalue weighted by atomic mass is 9.83. The quantitative estimate of drug-likeness (QED) is 0.843. The zero-order valence-corrected chi connectivity index (χ0v) is 13.8. The van der Waals surface area contributed by atoms with E-state index in [9.17, 15) is 4.79 Å². The molecule has 2 rings (SSSR count). The Morgan fingerprint density at radius 2 is 1.95 bits per heavy atom. The summed E-state index contributed by atoms with van der Waals surface area (Å²) in [5, 5.41) is 3.13. The van der Waals surface area contributed by atoms with Gasteiger partial charge in [-0.3, -0.25) is 4.79 Å². The Kier molecular flexibility index (Phi) is 4.67. The SMILES string of the molecule is CC(C)(C)c1ccccc1C(=O)NC1CCCC1C(N)=S. The highest BCUT2D eigenvalue weighted by molar-refractivity contribution is 7.80. The minimum atomic E-state index is -0.0633. The molecule has 0 heterocycles. The molecule has 2 unspecified atom stereocenters. The first kappa shape index (κ1) is 16.0. The zero-order chi connectivity index (χ0) is 15.6. The highest BCUT2D eigenvalue weighted by Crippen LogP contribution is 2.28. The number of thiocarbonyl (C=S) groups is 1. The summed E-state index contributed by atoms with van der Waals surface area (Å²) in [5.74, 6) is 0.111. The van der Waals surface area contributed by atoms with Gasteiger partial charge in [-0.15, -0.1) is 0 Å². The second-order valence-electron chi connectivity index (χ2n) is 6.82. The Balaban J connectivity index is 2.20. The van der Waals surface area contributed by atoms with Gasteiger partial charge in [0.2, 0.25) is 0 Å². The predicted octanol–water partition coefficient (Wildman–Crippen LogP) is 3.17. The average Bonchev–Trinajstić information content (AvgIpc) is 2.86. The van der Waals surface area contributed by atoms with E-state index < -0.39 is 0 Å². The third-order valence-corrected chi connectivity index (χ3v) is 4.48. The molecule has 21 heavy (non-hydrogen) atoms. The molecule has 1 aromatic rings. The molecular formula is C17H24N2OS. The summed E-state index contributed by atoms with van der Waals surface area (Å²) in [6.07, 6.45) is 2.99. The van der Waals surface area contributed by atoms with Crippen LogP contribution in [0.25, 0.3) is 0 Å². The molecule has 1 saturated carbocycles. The number of nitrogens with one attached hydrogen (secondary N) is 1. The molecule has 1 aliphatic carbocycles. The molecule has 3 N–H and O–H groups in total. The maximum absolute atomic E-state index is 12.6. The van der Waals surface area contributed by atoms with E-state index in [0.717, 1.165) is 30.4 Å². The number of rotatable bonds is 3. The summed E-state index contributed by atoms with van der Waals surface area (Å²) in [5.41, 5.74) is 7.53. The number of nitrogens with two attached hydrogens (primary N) is 1. The summed E-state index contributed by atoms with van der Waals surface area (Å²) in [7, 11) is 0. The maximum Gasteiger partial charge on any atom is 0.251 e. The molecule has 0 aliphatic heterocycles. The second-order valence-corrected chi connectivity index (χ2v) is 7.29. The summed E-state index contributed by atoms with van der Waals surface area (Å²) < 4.78 is 0. The molecule has 0 saturated heterocycles. The van der Waals surface area contributed by atoms with E-state index in [0.29, 0.717) is 4.99 Å². The van der Waals surface area contributed by atoms with Crippen molar-refractivity contribution in [1.29, 1.82) is 0 Å². The molecule has 1 amide bonds. The van der Waals surface area contributed by atoms with Crippen molar-refractivity contribution in [3.8, 4) is 0 Å². The fraction of sp³-hybridized carbons (Fsp3) is 0.529. The Morgan fingerprint density at radius 3 is 2.57 bits per heavy atom. The van der Waals surface area contributed by atoms with Crippen LogP contribution in [0.2, 0.25) is 0 Å². The first-order chi connectivity index (χ1) is 9.80. The van der Waals surface area contributed by atoms with Gasteiger partial charge in [0.1, 0.15) is 0 Å². The third-order valence-electron chi connectivity index (χ3n) is 4.18. The number of hydrogen-bond acceptors (Lipinski definition) is 2. The molecule has 0 aromatic heterocycles. The lowest BCUT2D eigenvalue weighted by Gasteiger charge is -2.25. The summed E-state index contributed by atoms with van der Waals surface area (Å²) in [4.78, 5) is 13.2. The van der Waals surface area contributed by atoms with Gasteiger partial charge in [0.05, 0.1) is 4.99 Å². The van der Waals surface area contributed by atoms with Crippen molar-refractivity contribution in [1.82, 2.24) is 5.32 Å². The largest absolute Gasteiger partial charge is 0.393 e. The van der Waals surface area contributed by atoms with Crippen LogP contribution in [0.3, 0.4) is 0 Å². The molecule has 114 valence electrons. The van der Waals surface area contributed by atoms with Crippen molar-refractivity contribution in [2.75, 3.05) is 0 Å². The van der Waals surface area contributed by atoms with Crippen LogP contribution in [0.15, 0.2) is 24.3 Å². The van der Waals surface area contributed by atoms with E-state index in [4.69, 9.17) is 18.0 Å². The van der Waals surface area contributed by atoms with Crippen LogP contribution in [0.1, 0.15) is 56.0 Å². The zero-order valence-electron chi connectivity index (χ0n) is 13.0. The minimum Gasteiger partial charge on any atom is -0.393 e. The minimum absolute atomic E-state index is 0.0197. The topological polar surface area (TPSA) is 55.1 Å². The molecule has 0 bridgehead atoms. The van der Waals surface area contributed by atoms with Crippen molar-refractivity contribution in [2.45, 2.75) is 51.5 Å². The number of amides is 1. The highest BCUT2D eigenvalue weighted by atomic mass is 32.1. The van der Waals surface area contributed by atoms with Gasteiger partial charge in [-0.1, -0.05) is 57.6 Å². The van der Waals surface area contributed by atoms with Crippen LogP contribution in [0.4, 0.5) is 0 Å². The fourth-order valence-electron chi connectivity index (χ4n) is 3.05. The molecule has 1 aromatic carbocycles. The van der Waals surface area contributed by atoms with E-state index in [1.807, 2.05) is 24.3 Å². The summed E-state index contributed by atoms with van der Waals surface area (Å²) in [6.45, 7) is 6.35. The molecule has 1 fully saturated rings. The molecule has 2 atom stereocenters. The Bertz CT molecular complexity index is 548. The summed E-state index contributed by atoms with van der Waals surface area (Å²) >= 11 is 5.11. The average molecular weight is 304 g/mol. The van der Waals surface area contributed by atoms with Crippen LogP contribution in [-0.4, -0.2) is 16.9 Å². The van der Waals surface area contributed by atoms with Gasteiger partial charge in [0.15, 0.2) is 0 Å². The van der Waals surface area contributed by atoms with Gasteiger partial charge in [-0.05, 0) is 29.9 Å². The molecule has 3 nitrogen and oxygen atoms in total. The van der Waals surface area contributed by atoms with Crippen molar-refractivity contribution in [3.05, 3.63) is 35.4 Å². The smallest absolute Gasteiger partial charge is 0.251 e.